The molecule has 0 radical (unpaired) electrons. The zero-order valence-corrected chi connectivity index (χ0v) is 17.3. The number of nitriles is 1. The van der Waals surface area contributed by atoms with Crippen molar-refractivity contribution in [1.29, 1.82) is 5.26 Å². The topological polar surface area (TPSA) is 125 Å². The lowest BCUT2D eigenvalue weighted by molar-refractivity contribution is -0.113. The second-order valence-corrected chi connectivity index (χ2v) is 8.72. The van der Waals surface area contributed by atoms with Gasteiger partial charge in [0.1, 0.15) is 0 Å². The quantitative estimate of drug-likeness (QED) is 0.553. The molecule has 0 aliphatic heterocycles. The zero-order chi connectivity index (χ0) is 21.4. The fourth-order valence-corrected chi connectivity index (χ4v) is 4.13. The average Bonchev–Trinajstić information content (AvgIpc) is 2.75. The normalized spacial score (nSPS) is 10.8. The lowest BCUT2D eigenvalue weighted by Gasteiger charge is -2.08. The number of benzene rings is 2. The first-order chi connectivity index (χ1) is 14.5. The summed E-state index contributed by atoms with van der Waals surface area (Å²) in [5.41, 5.74) is 2.11. The number of aromatic nitrogens is 2. The number of anilines is 2. The Morgan fingerprint density at radius 3 is 2.33 bits per heavy atom. The average molecular weight is 440 g/mol. The molecule has 2 aromatic carbocycles. The molecular weight excluding hydrogens is 422 g/mol. The number of nitrogens with one attached hydrogen (secondary N) is 2. The Hall–Kier alpha value is -3.42. The predicted octanol–water partition coefficient (Wildman–Crippen LogP) is 3.02. The highest BCUT2D eigenvalue weighted by Gasteiger charge is 2.15. The van der Waals surface area contributed by atoms with Crippen molar-refractivity contribution in [3.05, 3.63) is 78.1 Å². The van der Waals surface area contributed by atoms with Gasteiger partial charge in [-0.25, -0.2) is 23.1 Å². The highest BCUT2D eigenvalue weighted by Crippen LogP contribution is 2.17. The van der Waals surface area contributed by atoms with Gasteiger partial charge in [0.05, 0.1) is 22.3 Å². The van der Waals surface area contributed by atoms with Gasteiger partial charge in [0.15, 0.2) is 0 Å². The summed E-state index contributed by atoms with van der Waals surface area (Å²) < 4.78 is 27.0. The molecule has 152 valence electrons. The van der Waals surface area contributed by atoms with Gasteiger partial charge in [-0.3, -0.25) is 4.79 Å². The predicted molar refractivity (Wildman–Crippen MR) is 115 cm³/mol. The van der Waals surface area contributed by atoms with E-state index in [0.717, 1.165) is 5.56 Å². The van der Waals surface area contributed by atoms with Crippen molar-refractivity contribution in [1.82, 2.24) is 9.97 Å². The van der Waals surface area contributed by atoms with Crippen LogP contribution < -0.4 is 10.0 Å². The molecule has 1 amide bonds. The number of rotatable bonds is 8. The minimum Gasteiger partial charge on any atom is -0.325 e. The van der Waals surface area contributed by atoms with Crippen molar-refractivity contribution in [3.8, 4) is 6.07 Å². The number of thioether (sulfide) groups is 1. The number of hydrogen-bond donors (Lipinski definition) is 2. The van der Waals surface area contributed by atoms with Gasteiger partial charge in [-0.2, -0.15) is 5.26 Å². The van der Waals surface area contributed by atoms with E-state index in [1.807, 2.05) is 12.1 Å². The molecule has 0 aliphatic rings. The van der Waals surface area contributed by atoms with E-state index >= 15 is 0 Å². The van der Waals surface area contributed by atoms with Crippen LogP contribution in [0.4, 0.5) is 11.6 Å². The summed E-state index contributed by atoms with van der Waals surface area (Å²) >= 11 is 1.44. The highest BCUT2D eigenvalue weighted by atomic mass is 32.2. The van der Waals surface area contributed by atoms with E-state index in [4.69, 9.17) is 5.26 Å². The van der Waals surface area contributed by atoms with Crippen LogP contribution >= 0.6 is 11.8 Å². The minimum absolute atomic E-state index is 0.0193. The fraction of sp³-hybridized carbons (Fsp3) is 0.100. The summed E-state index contributed by atoms with van der Waals surface area (Å²) in [4.78, 5) is 19.8. The number of hydrogen-bond acceptors (Lipinski definition) is 7. The number of sulfonamides is 1. The lowest BCUT2D eigenvalue weighted by atomic mass is 10.2. The third kappa shape index (κ3) is 6.04. The third-order valence-corrected chi connectivity index (χ3v) is 6.17. The van der Waals surface area contributed by atoms with Crippen molar-refractivity contribution >= 4 is 39.3 Å². The van der Waals surface area contributed by atoms with Gasteiger partial charge in [0.2, 0.25) is 11.9 Å². The van der Waals surface area contributed by atoms with E-state index in [2.05, 4.69) is 26.1 Å². The number of carbonyl (C=O) groups is 1. The molecule has 30 heavy (non-hydrogen) atoms. The van der Waals surface area contributed by atoms with E-state index in [1.54, 1.807) is 18.2 Å². The summed E-state index contributed by atoms with van der Waals surface area (Å²) in [7, 11) is -3.82. The van der Waals surface area contributed by atoms with Crippen LogP contribution in [0.5, 0.6) is 0 Å². The molecule has 2 N–H and O–H groups in total. The third-order valence-electron chi connectivity index (χ3n) is 3.82. The van der Waals surface area contributed by atoms with Crippen LogP contribution in [0.15, 0.2) is 71.9 Å². The molecule has 8 nitrogen and oxygen atoms in total. The standard InChI is InChI=1S/C20H17N5O3S2/c21-12-15-2-4-16(5-3-15)13-29-14-19(26)24-17-6-8-18(9-7-17)30(27,28)25-20-22-10-1-11-23-20/h1-11H,13-14H2,(H,24,26)(H,22,23,25). The highest BCUT2D eigenvalue weighted by molar-refractivity contribution is 7.99. The van der Waals surface area contributed by atoms with Crippen molar-refractivity contribution in [2.75, 3.05) is 15.8 Å². The van der Waals surface area contributed by atoms with Crippen LogP contribution in [0.2, 0.25) is 0 Å². The monoisotopic (exact) mass is 439 g/mol. The number of carbonyl (C=O) groups excluding carboxylic acids is 1. The maximum atomic E-state index is 12.4. The zero-order valence-electron chi connectivity index (χ0n) is 15.6. The largest absolute Gasteiger partial charge is 0.325 e. The van der Waals surface area contributed by atoms with Crippen molar-refractivity contribution in [2.45, 2.75) is 10.6 Å². The van der Waals surface area contributed by atoms with Gasteiger partial charge in [-0.05, 0) is 48.0 Å². The molecule has 1 aromatic heterocycles. The first kappa shape index (κ1) is 21.3. The van der Waals surface area contributed by atoms with Crippen LogP contribution in [0.25, 0.3) is 0 Å². The van der Waals surface area contributed by atoms with Gasteiger partial charge in [0.25, 0.3) is 10.0 Å². The number of amides is 1. The molecule has 0 aliphatic carbocycles. The Morgan fingerprint density at radius 1 is 1.03 bits per heavy atom. The van der Waals surface area contributed by atoms with Gasteiger partial charge < -0.3 is 5.32 Å². The maximum Gasteiger partial charge on any atom is 0.264 e. The summed E-state index contributed by atoms with van der Waals surface area (Å²) in [6.07, 6.45) is 2.87. The van der Waals surface area contributed by atoms with Crippen LogP contribution in [0.1, 0.15) is 11.1 Å². The molecule has 0 fully saturated rings. The van der Waals surface area contributed by atoms with Crippen molar-refractivity contribution in [2.24, 2.45) is 0 Å². The number of nitrogens with zero attached hydrogens (tertiary/aromatic N) is 3. The van der Waals surface area contributed by atoms with Gasteiger partial charge in [-0.15, -0.1) is 11.8 Å². The first-order valence-corrected chi connectivity index (χ1v) is 11.4. The Bertz CT molecular complexity index is 1140. The molecule has 0 saturated heterocycles. The Kier molecular flexibility index (Phi) is 7.00. The maximum absolute atomic E-state index is 12.4. The summed E-state index contributed by atoms with van der Waals surface area (Å²) in [6, 6.07) is 16.7. The SMILES string of the molecule is N#Cc1ccc(CSCC(=O)Nc2ccc(S(=O)(=O)Nc3ncccn3)cc2)cc1. The van der Waals surface area contributed by atoms with E-state index in [-0.39, 0.29) is 22.5 Å². The van der Waals surface area contributed by atoms with Crippen molar-refractivity contribution < 1.29 is 13.2 Å². The first-order valence-electron chi connectivity index (χ1n) is 8.73. The summed E-state index contributed by atoms with van der Waals surface area (Å²) in [6.45, 7) is 0. The van der Waals surface area contributed by atoms with Crippen LogP contribution in [-0.2, 0) is 20.6 Å². The molecule has 0 spiro atoms. The van der Waals surface area contributed by atoms with E-state index in [0.29, 0.717) is 17.0 Å². The molecule has 1 heterocycles. The van der Waals surface area contributed by atoms with E-state index in [1.165, 1.54) is 48.4 Å². The van der Waals surface area contributed by atoms with Gasteiger partial charge in [-0.1, -0.05) is 12.1 Å². The Morgan fingerprint density at radius 2 is 1.70 bits per heavy atom. The second kappa shape index (κ2) is 9.87. The fourth-order valence-electron chi connectivity index (χ4n) is 2.38. The lowest BCUT2D eigenvalue weighted by Crippen LogP contribution is -2.16. The molecule has 10 heteroatoms. The second-order valence-electron chi connectivity index (χ2n) is 6.05. The summed E-state index contributed by atoms with van der Waals surface area (Å²) in [5, 5.41) is 11.5. The van der Waals surface area contributed by atoms with Gasteiger partial charge in [0, 0.05) is 23.8 Å². The molecule has 3 rings (SSSR count). The Labute approximate surface area is 178 Å². The van der Waals surface area contributed by atoms with Crippen LogP contribution in [0.3, 0.4) is 0 Å². The molecule has 3 aromatic rings. The molecule has 0 unspecified atom stereocenters. The smallest absolute Gasteiger partial charge is 0.264 e. The molecule has 0 saturated carbocycles. The molecule has 0 bridgehead atoms. The van der Waals surface area contributed by atoms with Crippen molar-refractivity contribution in [3.63, 3.8) is 0 Å². The molecular formula is C20H17N5O3S2. The molecule has 0 atom stereocenters. The van der Waals surface area contributed by atoms with Crippen LogP contribution in [-0.4, -0.2) is 30.0 Å². The Balaban J connectivity index is 1.50. The van der Waals surface area contributed by atoms with E-state index < -0.39 is 10.0 Å². The summed E-state index contributed by atoms with van der Waals surface area (Å²) in [5.74, 6) is 0.672. The van der Waals surface area contributed by atoms with E-state index in [9.17, 15) is 13.2 Å². The van der Waals surface area contributed by atoms with Crippen LogP contribution in [0, 0.1) is 11.3 Å². The minimum atomic E-state index is -3.82. The van der Waals surface area contributed by atoms with Gasteiger partial charge >= 0.3 is 0 Å².